The number of carboxylic acid groups (broad SMARTS) is 1. The smallest absolute Gasteiger partial charge is 0.337 e. The third-order valence-corrected chi connectivity index (χ3v) is 6.20. The first-order valence-corrected chi connectivity index (χ1v) is 10.7. The highest BCUT2D eigenvalue weighted by atomic mass is 16.4. The van der Waals surface area contributed by atoms with Gasteiger partial charge in [0.2, 0.25) is 0 Å². The molecule has 1 unspecified atom stereocenters. The van der Waals surface area contributed by atoms with Gasteiger partial charge in [0, 0.05) is 30.4 Å². The highest BCUT2D eigenvalue weighted by Gasteiger charge is 2.27. The molecule has 1 aliphatic rings. The Labute approximate surface area is 181 Å². The van der Waals surface area contributed by atoms with E-state index in [-0.39, 0.29) is 17.0 Å². The Hall–Kier alpha value is -3.28. The molecule has 162 valence electrons. The van der Waals surface area contributed by atoms with E-state index >= 15 is 0 Å². The summed E-state index contributed by atoms with van der Waals surface area (Å²) in [6.07, 6.45) is 2.08. The number of nitrogens with zero attached hydrogens (tertiary/aromatic N) is 1. The van der Waals surface area contributed by atoms with Gasteiger partial charge < -0.3 is 19.7 Å². The van der Waals surface area contributed by atoms with Crippen molar-refractivity contribution in [1.29, 1.82) is 0 Å². The number of para-hydroxylation sites is 2. The molecule has 0 aliphatic carbocycles. The van der Waals surface area contributed by atoms with Gasteiger partial charge in [-0.3, -0.25) is 4.79 Å². The Balaban J connectivity index is 1.71. The number of hydrogen-bond acceptors (Lipinski definition) is 5. The van der Waals surface area contributed by atoms with Crippen LogP contribution in [0.15, 0.2) is 57.7 Å². The van der Waals surface area contributed by atoms with E-state index < -0.39 is 5.97 Å². The van der Waals surface area contributed by atoms with E-state index in [1.165, 1.54) is 0 Å². The molecule has 1 atom stereocenters. The molecule has 2 heterocycles. The molecule has 1 aromatic heterocycles. The average Bonchev–Trinajstić information content (AvgIpc) is 2.73. The molecule has 0 saturated carbocycles. The van der Waals surface area contributed by atoms with Crippen LogP contribution >= 0.6 is 0 Å². The lowest BCUT2D eigenvalue weighted by molar-refractivity contribution is 0.0698. The monoisotopic (exact) mass is 420 g/mol. The predicted octanol–water partition coefficient (Wildman–Crippen LogP) is 5.29. The van der Waals surface area contributed by atoms with E-state index in [0.29, 0.717) is 28.0 Å². The fourth-order valence-corrected chi connectivity index (χ4v) is 4.12. The van der Waals surface area contributed by atoms with E-state index in [2.05, 4.69) is 24.1 Å². The van der Waals surface area contributed by atoms with Gasteiger partial charge in [0.25, 0.3) is 0 Å². The number of hydrogen-bond donors (Lipinski definition) is 2. The summed E-state index contributed by atoms with van der Waals surface area (Å²) >= 11 is 0. The summed E-state index contributed by atoms with van der Waals surface area (Å²) < 4.78 is 6.29. The highest BCUT2D eigenvalue weighted by Crippen LogP contribution is 2.34. The maximum Gasteiger partial charge on any atom is 0.337 e. The molecule has 2 N–H and O–H groups in total. The summed E-state index contributed by atoms with van der Waals surface area (Å²) in [4.78, 5) is 26.6. The lowest BCUT2D eigenvalue weighted by Gasteiger charge is -2.37. The predicted molar refractivity (Wildman–Crippen MR) is 123 cm³/mol. The van der Waals surface area contributed by atoms with Crippen LogP contribution in [0.1, 0.15) is 55.6 Å². The minimum absolute atomic E-state index is 0.0685. The Kier molecular flexibility index (Phi) is 5.48. The summed E-state index contributed by atoms with van der Waals surface area (Å²) in [6.45, 7) is 8.17. The minimum atomic E-state index is -0.991. The molecule has 6 nitrogen and oxygen atoms in total. The van der Waals surface area contributed by atoms with Gasteiger partial charge in [0.1, 0.15) is 5.58 Å². The van der Waals surface area contributed by atoms with Crippen molar-refractivity contribution < 1.29 is 14.3 Å². The van der Waals surface area contributed by atoms with Crippen LogP contribution in [0.25, 0.3) is 11.0 Å². The maximum atomic E-state index is 12.9. The Morgan fingerprint density at radius 1 is 1.13 bits per heavy atom. The zero-order valence-electron chi connectivity index (χ0n) is 18.1. The van der Waals surface area contributed by atoms with E-state index in [1.54, 1.807) is 36.4 Å². The molecule has 0 bridgehead atoms. The Morgan fingerprint density at radius 3 is 2.55 bits per heavy atom. The van der Waals surface area contributed by atoms with Crippen molar-refractivity contribution >= 4 is 28.5 Å². The topological polar surface area (TPSA) is 82.8 Å². The lowest BCUT2D eigenvalue weighted by Crippen LogP contribution is -2.37. The highest BCUT2D eigenvalue weighted by molar-refractivity contribution is 5.94. The number of piperidine rings is 1. The van der Waals surface area contributed by atoms with Gasteiger partial charge in [-0.2, -0.15) is 0 Å². The van der Waals surface area contributed by atoms with Crippen LogP contribution in [-0.2, 0) is 0 Å². The van der Waals surface area contributed by atoms with Gasteiger partial charge in [-0.1, -0.05) is 38.1 Å². The second-order valence-corrected chi connectivity index (χ2v) is 9.04. The molecule has 1 saturated heterocycles. The molecular formula is C25H28N2O4. The molecule has 0 spiro atoms. The van der Waals surface area contributed by atoms with E-state index in [0.717, 1.165) is 31.5 Å². The van der Waals surface area contributed by atoms with Crippen LogP contribution in [0.3, 0.4) is 0 Å². The molecule has 6 heteroatoms. The third-order valence-electron chi connectivity index (χ3n) is 6.20. The van der Waals surface area contributed by atoms with Crippen LogP contribution in [0.5, 0.6) is 0 Å². The van der Waals surface area contributed by atoms with Crippen molar-refractivity contribution in [2.45, 2.75) is 39.7 Å². The van der Waals surface area contributed by atoms with Gasteiger partial charge >= 0.3 is 5.97 Å². The first-order valence-electron chi connectivity index (χ1n) is 10.7. The third kappa shape index (κ3) is 4.29. The zero-order chi connectivity index (χ0) is 22.2. The largest absolute Gasteiger partial charge is 0.478 e. The Morgan fingerprint density at radius 2 is 1.84 bits per heavy atom. The number of aromatic carboxylic acids is 1. The summed E-state index contributed by atoms with van der Waals surface area (Å²) in [5.41, 5.74) is 2.32. The van der Waals surface area contributed by atoms with Crippen LogP contribution in [0.4, 0.5) is 11.6 Å². The van der Waals surface area contributed by atoms with Crippen molar-refractivity contribution in [2.24, 2.45) is 5.41 Å². The second-order valence-electron chi connectivity index (χ2n) is 9.04. The molecule has 0 amide bonds. The van der Waals surface area contributed by atoms with Crippen LogP contribution in [0, 0.1) is 5.41 Å². The number of nitrogens with one attached hydrogen (secondary N) is 1. The van der Waals surface area contributed by atoms with Crippen molar-refractivity contribution in [1.82, 2.24) is 0 Å². The molecule has 1 fully saturated rings. The quantitative estimate of drug-likeness (QED) is 0.583. The normalized spacial score (nSPS) is 16.8. The minimum Gasteiger partial charge on any atom is -0.478 e. The summed E-state index contributed by atoms with van der Waals surface area (Å²) in [5, 5.41) is 13.3. The molecule has 4 rings (SSSR count). The van der Waals surface area contributed by atoms with Crippen molar-refractivity contribution in [3.05, 3.63) is 69.9 Å². The SMILES string of the molecule is CC(Nc1ccccc1C(=O)O)c1cccc2c(=O)cc(N3CCC(C)(C)CC3)oc12. The number of carbonyl (C=O) groups is 1. The number of rotatable bonds is 5. The fraction of sp³-hybridized carbons (Fsp3) is 0.360. The first kappa shape index (κ1) is 21.0. The van der Waals surface area contributed by atoms with Gasteiger partial charge in [0.05, 0.1) is 17.0 Å². The van der Waals surface area contributed by atoms with Crippen molar-refractivity contribution in [2.75, 3.05) is 23.3 Å². The van der Waals surface area contributed by atoms with Crippen LogP contribution < -0.4 is 15.6 Å². The number of carboxylic acids is 1. The van der Waals surface area contributed by atoms with E-state index in [4.69, 9.17) is 4.42 Å². The first-order chi connectivity index (χ1) is 14.7. The maximum absolute atomic E-state index is 12.9. The molecule has 3 aromatic rings. The van der Waals surface area contributed by atoms with Crippen molar-refractivity contribution in [3.63, 3.8) is 0 Å². The van der Waals surface area contributed by atoms with Gasteiger partial charge in [-0.15, -0.1) is 0 Å². The van der Waals surface area contributed by atoms with Crippen LogP contribution in [0.2, 0.25) is 0 Å². The summed E-state index contributed by atoms with van der Waals surface area (Å²) in [6, 6.07) is 13.6. The van der Waals surface area contributed by atoms with Gasteiger partial charge in [0.15, 0.2) is 11.3 Å². The van der Waals surface area contributed by atoms with E-state index in [9.17, 15) is 14.7 Å². The summed E-state index contributed by atoms with van der Waals surface area (Å²) in [7, 11) is 0. The molecule has 31 heavy (non-hydrogen) atoms. The van der Waals surface area contributed by atoms with Gasteiger partial charge in [-0.25, -0.2) is 4.79 Å². The molecular weight excluding hydrogens is 392 g/mol. The number of fused-ring (bicyclic) bond motifs is 1. The molecule has 1 aliphatic heterocycles. The summed E-state index contributed by atoms with van der Waals surface area (Å²) in [5.74, 6) is -0.395. The van der Waals surface area contributed by atoms with Crippen LogP contribution in [-0.4, -0.2) is 24.2 Å². The second kappa shape index (κ2) is 8.10. The standard InChI is InChI=1S/C25H28N2O4/c1-16(26-20-10-5-4-7-18(20)24(29)30)17-8-6-9-19-21(28)15-22(31-23(17)19)27-13-11-25(2,3)12-14-27/h4-10,15-16,26H,11-14H2,1-3H3,(H,29,30). The average molecular weight is 421 g/mol. The number of benzene rings is 2. The number of anilines is 2. The molecule has 2 aromatic carbocycles. The van der Waals surface area contributed by atoms with Gasteiger partial charge in [-0.05, 0) is 43.4 Å². The fourth-order valence-electron chi connectivity index (χ4n) is 4.12. The lowest BCUT2D eigenvalue weighted by atomic mass is 9.83. The van der Waals surface area contributed by atoms with Crippen molar-refractivity contribution in [3.8, 4) is 0 Å². The Bertz CT molecular complexity index is 1170. The zero-order valence-corrected chi connectivity index (χ0v) is 18.1. The molecule has 0 radical (unpaired) electrons. The van der Waals surface area contributed by atoms with E-state index in [1.807, 2.05) is 19.1 Å².